The fraction of sp³-hybridized carbons (Fsp3) is 0.571. The van der Waals surface area contributed by atoms with Crippen molar-refractivity contribution in [1.29, 1.82) is 0 Å². The topological polar surface area (TPSA) is 26.3 Å². The minimum atomic E-state index is -0.218. The second-order valence-electron chi connectivity index (χ2n) is 1.91. The average Bonchev–Trinajstić information content (AvgIpc) is 2.40. The minimum Gasteiger partial charge on any atom is -0.463 e. The maximum Gasteiger partial charge on any atom is 0.332 e. The highest BCUT2D eigenvalue weighted by molar-refractivity contribution is 8.25. The van der Waals surface area contributed by atoms with Gasteiger partial charge in [-0.05, 0) is 6.92 Å². The third kappa shape index (κ3) is 3.20. The van der Waals surface area contributed by atoms with Crippen molar-refractivity contribution in [2.24, 2.45) is 0 Å². The summed E-state index contributed by atoms with van der Waals surface area (Å²) in [6, 6.07) is 0. The normalized spacial score (nSPS) is 16.6. The molecule has 0 atom stereocenters. The summed E-state index contributed by atoms with van der Waals surface area (Å²) in [5.74, 6) is 2.00. The first-order valence-corrected chi connectivity index (χ1v) is 5.44. The molecule has 1 fully saturated rings. The summed E-state index contributed by atoms with van der Waals surface area (Å²) in [4.78, 5) is 10.9. The van der Waals surface area contributed by atoms with Gasteiger partial charge in [0, 0.05) is 21.8 Å². The van der Waals surface area contributed by atoms with Crippen molar-refractivity contribution < 1.29 is 9.53 Å². The van der Waals surface area contributed by atoms with Crippen LogP contribution in [-0.4, -0.2) is 24.1 Å². The van der Waals surface area contributed by atoms with Crippen LogP contribution in [0.3, 0.4) is 0 Å². The lowest BCUT2D eigenvalue weighted by molar-refractivity contribution is -0.137. The van der Waals surface area contributed by atoms with Gasteiger partial charge in [0.1, 0.15) is 0 Å². The molecule has 2 nitrogen and oxygen atoms in total. The number of ether oxygens (including phenoxy) is 1. The zero-order chi connectivity index (χ0) is 8.10. The van der Waals surface area contributed by atoms with Gasteiger partial charge in [-0.15, -0.1) is 23.5 Å². The first kappa shape index (κ1) is 9.00. The number of hydrogen-bond donors (Lipinski definition) is 0. The Morgan fingerprint density at radius 3 is 2.82 bits per heavy atom. The molecule has 62 valence electrons. The smallest absolute Gasteiger partial charge is 0.332 e. The molecule has 4 heteroatoms. The second kappa shape index (κ2) is 4.72. The van der Waals surface area contributed by atoms with Crippen molar-refractivity contribution in [3.05, 3.63) is 10.3 Å². The van der Waals surface area contributed by atoms with Gasteiger partial charge in [-0.1, -0.05) is 0 Å². The van der Waals surface area contributed by atoms with Crippen LogP contribution in [0.15, 0.2) is 10.3 Å². The fourth-order valence-electron chi connectivity index (χ4n) is 0.690. The van der Waals surface area contributed by atoms with E-state index < -0.39 is 0 Å². The third-order valence-electron chi connectivity index (χ3n) is 1.09. The number of hydrogen-bond acceptors (Lipinski definition) is 4. The minimum absolute atomic E-state index is 0.218. The molecule has 0 aromatic carbocycles. The molecule has 0 spiro atoms. The quantitative estimate of drug-likeness (QED) is 0.490. The third-order valence-corrected chi connectivity index (χ3v) is 3.68. The van der Waals surface area contributed by atoms with Gasteiger partial charge < -0.3 is 4.74 Å². The van der Waals surface area contributed by atoms with Gasteiger partial charge in [0.15, 0.2) is 0 Å². The Labute approximate surface area is 74.8 Å². The SMILES string of the molecule is CCOC(=O)C=C1SCCS1. The van der Waals surface area contributed by atoms with Crippen LogP contribution >= 0.6 is 23.5 Å². The highest BCUT2D eigenvalue weighted by Gasteiger charge is 2.09. The van der Waals surface area contributed by atoms with Crippen LogP contribution in [0.25, 0.3) is 0 Å². The molecule has 0 aromatic heterocycles. The molecule has 0 radical (unpaired) electrons. The lowest BCUT2D eigenvalue weighted by atomic mass is 10.6. The van der Waals surface area contributed by atoms with Crippen molar-refractivity contribution >= 4 is 29.5 Å². The van der Waals surface area contributed by atoms with Gasteiger partial charge in [-0.3, -0.25) is 0 Å². The Morgan fingerprint density at radius 2 is 2.27 bits per heavy atom. The summed E-state index contributed by atoms with van der Waals surface area (Å²) in [5.41, 5.74) is 0. The number of carbonyl (C=O) groups is 1. The van der Waals surface area contributed by atoms with Crippen LogP contribution in [0, 0.1) is 0 Å². The van der Waals surface area contributed by atoms with E-state index in [-0.39, 0.29) is 5.97 Å². The molecule has 1 aliphatic rings. The zero-order valence-electron chi connectivity index (χ0n) is 6.33. The van der Waals surface area contributed by atoms with Crippen molar-refractivity contribution in [3.63, 3.8) is 0 Å². The Bertz CT molecular complexity index is 169. The fourth-order valence-corrected chi connectivity index (χ4v) is 2.95. The number of rotatable bonds is 2. The molecule has 0 amide bonds. The van der Waals surface area contributed by atoms with Gasteiger partial charge in [0.05, 0.1) is 6.61 Å². The molecule has 0 bridgehead atoms. The van der Waals surface area contributed by atoms with Crippen LogP contribution in [0.2, 0.25) is 0 Å². The molecule has 0 saturated carbocycles. The lowest BCUT2D eigenvalue weighted by Gasteiger charge is -1.95. The molecule has 1 saturated heterocycles. The van der Waals surface area contributed by atoms with Crippen molar-refractivity contribution in [2.75, 3.05) is 18.1 Å². The summed E-state index contributed by atoms with van der Waals surface area (Å²) in [5, 5.41) is 0. The van der Waals surface area contributed by atoms with Gasteiger partial charge in [-0.25, -0.2) is 4.79 Å². The van der Waals surface area contributed by atoms with Gasteiger partial charge in [0.2, 0.25) is 0 Å². The van der Waals surface area contributed by atoms with E-state index >= 15 is 0 Å². The van der Waals surface area contributed by atoms with Crippen LogP contribution < -0.4 is 0 Å². The number of thioether (sulfide) groups is 2. The number of esters is 1. The Hall–Kier alpha value is -0.0900. The molecule has 0 aromatic rings. The highest BCUT2D eigenvalue weighted by atomic mass is 32.2. The first-order valence-electron chi connectivity index (χ1n) is 3.47. The maximum absolute atomic E-state index is 10.9. The van der Waals surface area contributed by atoms with Crippen molar-refractivity contribution in [3.8, 4) is 0 Å². The van der Waals surface area contributed by atoms with Gasteiger partial charge >= 0.3 is 5.97 Å². The molecule has 0 N–H and O–H groups in total. The Balaban J connectivity index is 2.36. The van der Waals surface area contributed by atoms with E-state index in [1.54, 1.807) is 29.6 Å². The van der Waals surface area contributed by atoms with Crippen LogP contribution in [0.4, 0.5) is 0 Å². The van der Waals surface area contributed by atoms with E-state index in [4.69, 9.17) is 4.74 Å². The summed E-state index contributed by atoms with van der Waals surface area (Å²) in [7, 11) is 0. The van der Waals surface area contributed by atoms with Crippen LogP contribution in [0.5, 0.6) is 0 Å². The van der Waals surface area contributed by atoms with Gasteiger partial charge in [-0.2, -0.15) is 0 Å². The molecular formula is C7H10O2S2. The predicted octanol–water partition coefficient (Wildman–Crippen LogP) is 1.87. The monoisotopic (exact) mass is 190 g/mol. The van der Waals surface area contributed by atoms with Crippen molar-refractivity contribution in [2.45, 2.75) is 6.92 Å². The molecule has 1 rings (SSSR count). The highest BCUT2D eigenvalue weighted by Crippen LogP contribution is 2.35. The van der Waals surface area contributed by atoms with E-state index in [1.165, 1.54) is 0 Å². The molecule has 11 heavy (non-hydrogen) atoms. The standard InChI is InChI=1S/C7H10O2S2/c1-2-9-6(8)5-7-10-3-4-11-7/h5H,2-4H2,1H3. The molecule has 1 aliphatic heterocycles. The Kier molecular flexibility index (Phi) is 3.86. The van der Waals surface area contributed by atoms with Gasteiger partial charge in [0.25, 0.3) is 0 Å². The second-order valence-corrected chi connectivity index (χ2v) is 4.44. The van der Waals surface area contributed by atoms with E-state index in [1.807, 2.05) is 6.92 Å². The summed E-state index contributed by atoms with van der Waals surface area (Å²) in [6.07, 6.45) is 1.58. The largest absolute Gasteiger partial charge is 0.463 e. The van der Waals surface area contributed by atoms with E-state index in [0.29, 0.717) is 6.61 Å². The zero-order valence-corrected chi connectivity index (χ0v) is 7.96. The van der Waals surface area contributed by atoms with E-state index in [2.05, 4.69) is 0 Å². The first-order chi connectivity index (χ1) is 5.33. The average molecular weight is 190 g/mol. The van der Waals surface area contributed by atoms with Crippen LogP contribution in [0.1, 0.15) is 6.92 Å². The molecule has 1 heterocycles. The summed E-state index contributed by atoms with van der Waals surface area (Å²) in [6.45, 7) is 2.27. The number of carbonyl (C=O) groups excluding carboxylic acids is 1. The predicted molar refractivity (Wildman–Crippen MR) is 49.6 cm³/mol. The summed E-state index contributed by atoms with van der Waals surface area (Å²) >= 11 is 3.44. The molecular weight excluding hydrogens is 180 g/mol. The Morgan fingerprint density at radius 1 is 1.64 bits per heavy atom. The summed E-state index contributed by atoms with van der Waals surface area (Å²) < 4.78 is 5.85. The van der Waals surface area contributed by atoms with E-state index in [9.17, 15) is 4.79 Å². The molecule has 0 unspecified atom stereocenters. The maximum atomic E-state index is 10.9. The lowest BCUT2D eigenvalue weighted by Crippen LogP contribution is -1.99. The van der Waals surface area contributed by atoms with Crippen molar-refractivity contribution in [1.82, 2.24) is 0 Å². The van der Waals surface area contributed by atoms with Crippen LogP contribution in [-0.2, 0) is 9.53 Å². The van der Waals surface area contributed by atoms with E-state index in [0.717, 1.165) is 15.7 Å². The molecule has 0 aliphatic carbocycles.